The fourth-order valence-corrected chi connectivity index (χ4v) is 3.01. The number of aliphatic imine (C=N–C) groups is 1. The van der Waals surface area contributed by atoms with Gasteiger partial charge in [-0.2, -0.15) is 4.99 Å². The van der Waals surface area contributed by atoms with Crippen LogP contribution < -0.4 is 10.2 Å². The number of thiocarbonyl (C=S) groups is 1. The Morgan fingerprint density at radius 3 is 2.92 bits per heavy atom. The predicted molar refractivity (Wildman–Crippen MR) is 98.1 cm³/mol. The first-order valence-electron chi connectivity index (χ1n) is 8.05. The van der Waals surface area contributed by atoms with Crippen molar-refractivity contribution in [3.63, 3.8) is 0 Å². The molecule has 130 valence electrons. The molecule has 2 unspecified atom stereocenters. The van der Waals surface area contributed by atoms with Gasteiger partial charge in [0.1, 0.15) is 11.3 Å². The Balaban J connectivity index is 2.11. The number of piperidine rings is 1. The minimum atomic E-state index is -0.504. The number of carbonyl (C=O) groups is 1. The van der Waals surface area contributed by atoms with Crippen molar-refractivity contribution in [2.24, 2.45) is 10.9 Å². The van der Waals surface area contributed by atoms with Crippen molar-refractivity contribution in [1.82, 2.24) is 10.3 Å². The molecule has 0 aliphatic carbocycles. The Bertz CT molecular complexity index is 638. The molecule has 0 radical (unpaired) electrons. The molecule has 1 aromatic heterocycles. The molecule has 0 bridgehead atoms. The number of pyridine rings is 1. The molecule has 2 atom stereocenters. The van der Waals surface area contributed by atoms with Crippen LogP contribution in [-0.2, 0) is 4.74 Å². The number of rotatable bonds is 3. The van der Waals surface area contributed by atoms with Gasteiger partial charge in [0.25, 0.3) is 0 Å². The molecule has 1 aliphatic rings. The topological polar surface area (TPSA) is 66.8 Å². The standard InChI is InChI=1S/C17H24N4O2S/c1-12-7-13(20-16(22)23-17(2,3)4)10-21(9-12)15-5-6-18-8-14(15)19-11-24/h5-6,8,12-13H,7,9-10H2,1-4H3,(H,20,22). The van der Waals surface area contributed by atoms with Gasteiger partial charge < -0.3 is 15.0 Å². The average Bonchev–Trinajstić information content (AvgIpc) is 2.45. The van der Waals surface area contributed by atoms with Gasteiger partial charge in [-0.05, 0) is 51.4 Å². The van der Waals surface area contributed by atoms with Crippen LogP contribution in [0.2, 0.25) is 0 Å². The van der Waals surface area contributed by atoms with Crippen LogP contribution in [0.25, 0.3) is 0 Å². The zero-order valence-corrected chi connectivity index (χ0v) is 15.4. The number of amides is 1. The minimum Gasteiger partial charge on any atom is -0.444 e. The fourth-order valence-electron chi connectivity index (χ4n) is 2.91. The summed E-state index contributed by atoms with van der Waals surface area (Å²) in [6.07, 6.45) is 3.93. The Labute approximate surface area is 148 Å². The van der Waals surface area contributed by atoms with E-state index in [1.807, 2.05) is 26.8 Å². The van der Waals surface area contributed by atoms with E-state index in [2.05, 4.69) is 32.3 Å². The van der Waals surface area contributed by atoms with Crippen molar-refractivity contribution in [2.75, 3.05) is 18.0 Å². The number of hydrogen-bond donors (Lipinski definition) is 1. The summed E-state index contributed by atoms with van der Waals surface area (Å²) in [6.45, 7) is 9.31. The van der Waals surface area contributed by atoms with Crippen LogP contribution in [0.15, 0.2) is 23.5 Å². The maximum atomic E-state index is 12.0. The number of hydrogen-bond acceptors (Lipinski definition) is 6. The largest absolute Gasteiger partial charge is 0.444 e. The molecule has 1 amide bonds. The molecule has 0 spiro atoms. The second-order valence-electron chi connectivity index (χ2n) is 7.16. The molecule has 0 saturated carbocycles. The maximum Gasteiger partial charge on any atom is 0.407 e. The van der Waals surface area contributed by atoms with Gasteiger partial charge in [-0.25, -0.2) is 4.79 Å². The summed E-state index contributed by atoms with van der Waals surface area (Å²) in [7, 11) is 0. The van der Waals surface area contributed by atoms with Gasteiger partial charge in [-0.3, -0.25) is 4.98 Å². The van der Waals surface area contributed by atoms with Crippen LogP contribution in [0.4, 0.5) is 16.2 Å². The zero-order chi connectivity index (χ0) is 17.7. The maximum absolute atomic E-state index is 12.0. The van der Waals surface area contributed by atoms with Gasteiger partial charge in [-0.15, -0.1) is 0 Å². The highest BCUT2D eigenvalue weighted by Gasteiger charge is 2.28. The first kappa shape index (κ1) is 18.4. The number of isothiocyanates is 1. The number of aromatic nitrogens is 1. The van der Waals surface area contributed by atoms with E-state index < -0.39 is 5.60 Å². The van der Waals surface area contributed by atoms with Gasteiger partial charge in [0.05, 0.1) is 17.0 Å². The third-order valence-electron chi connectivity index (χ3n) is 3.67. The van der Waals surface area contributed by atoms with Gasteiger partial charge >= 0.3 is 6.09 Å². The monoisotopic (exact) mass is 348 g/mol. The van der Waals surface area contributed by atoms with E-state index in [4.69, 9.17) is 17.0 Å². The third-order valence-corrected chi connectivity index (χ3v) is 3.76. The SMILES string of the molecule is CC1CC(NC(=O)OC(C)(C)C)CN(c2ccncc2N=C=S)C1. The normalized spacial score (nSPS) is 20.9. The van der Waals surface area contributed by atoms with E-state index in [0.29, 0.717) is 18.2 Å². The number of carbonyl (C=O) groups excluding carboxylic acids is 1. The summed E-state index contributed by atoms with van der Waals surface area (Å²) in [5.41, 5.74) is 1.14. The van der Waals surface area contributed by atoms with Crippen LogP contribution in [0, 0.1) is 5.92 Å². The van der Waals surface area contributed by atoms with Crippen molar-refractivity contribution in [3.8, 4) is 0 Å². The van der Waals surface area contributed by atoms with Crippen LogP contribution >= 0.6 is 12.2 Å². The molecule has 24 heavy (non-hydrogen) atoms. The van der Waals surface area contributed by atoms with Crippen molar-refractivity contribution < 1.29 is 9.53 Å². The van der Waals surface area contributed by atoms with E-state index in [9.17, 15) is 4.79 Å². The first-order valence-corrected chi connectivity index (χ1v) is 8.45. The van der Waals surface area contributed by atoms with Crippen LogP contribution in [0.3, 0.4) is 0 Å². The van der Waals surface area contributed by atoms with Crippen molar-refractivity contribution in [2.45, 2.75) is 45.8 Å². The summed E-state index contributed by atoms with van der Waals surface area (Å²) in [4.78, 5) is 22.4. The van der Waals surface area contributed by atoms with Crippen LogP contribution in [0.5, 0.6) is 0 Å². The van der Waals surface area contributed by atoms with Crippen molar-refractivity contribution in [1.29, 1.82) is 0 Å². The lowest BCUT2D eigenvalue weighted by Gasteiger charge is -2.38. The molecule has 2 heterocycles. The highest BCUT2D eigenvalue weighted by Crippen LogP contribution is 2.30. The molecule has 1 N–H and O–H groups in total. The Morgan fingerprint density at radius 2 is 2.25 bits per heavy atom. The lowest BCUT2D eigenvalue weighted by Crippen LogP contribution is -2.51. The predicted octanol–water partition coefficient (Wildman–Crippen LogP) is 3.56. The second-order valence-corrected chi connectivity index (χ2v) is 7.34. The molecule has 7 heteroatoms. The molecule has 1 aromatic rings. The number of anilines is 1. The third kappa shape index (κ3) is 5.28. The summed E-state index contributed by atoms with van der Waals surface area (Å²) >= 11 is 4.71. The Hall–Kier alpha value is -1.98. The summed E-state index contributed by atoms with van der Waals surface area (Å²) in [5, 5.41) is 5.37. The van der Waals surface area contributed by atoms with Gasteiger partial charge in [0.2, 0.25) is 0 Å². The molecule has 1 saturated heterocycles. The highest BCUT2D eigenvalue weighted by molar-refractivity contribution is 7.78. The molecule has 2 rings (SSSR count). The summed E-state index contributed by atoms with van der Waals surface area (Å²) in [5.74, 6) is 0.427. The van der Waals surface area contributed by atoms with Gasteiger partial charge in [0.15, 0.2) is 0 Å². The van der Waals surface area contributed by atoms with Crippen LogP contribution in [0.1, 0.15) is 34.1 Å². The van der Waals surface area contributed by atoms with E-state index in [0.717, 1.165) is 18.7 Å². The lowest BCUT2D eigenvalue weighted by atomic mass is 9.95. The van der Waals surface area contributed by atoms with Crippen LogP contribution in [-0.4, -0.2) is 41.0 Å². The number of nitrogens with zero attached hydrogens (tertiary/aromatic N) is 3. The molecule has 6 nitrogen and oxygen atoms in total. The van der Waals surface area contributed by atoms with E-state index in [1.54, 1.807) is 12.4 Å². The lowest BCUT2D eigenvalue weighted by molar-refractivity contribution is 0.0495. The highest BCUT2D eigenvalue weighted by atomic mass is 32.1. The molecular formula is C17H24N4O2S. The van der Waals surface area contributed by atoms with Gasteiger partial charge in [0, 0.05) is 25.3 Å². The van der Waals surface area contributed by atoms with E-state index >= 15 is 0 Å². The quantitative estimate of drug-likeness (QED) is 0.668. The number of ether oxygens (including phenoxy) is 1. The first-order chi connectivity index (χ1) is 11.3. The van der Waals surface area contributed by atoms with E-state index in [-0.39, 0.29) is 12.1 Å². The smallest absolute Gasteiger partial charge is 0.407 e. The average molecular weight is 348 g/mol. The summed E-state index contributed by atoms with van der Waals surface area (Å²) < 4.78 is 5.36. The Morgan fingerprint density at radius 1 is 1.50 bits per heavy atom. The number of nitrogens with one attached hydrogen (secondary N) is 1. The van der Waals surface area contributed by atoms with Crippen molar-refractivity contribution in [3.05, 3.63) is 18.5 Å². The molecule has 1 fully saturated rings. The second kappa shape index (κ2) is 7.73. The number of alkyl carbamates (subject to hydrolysis) is 1. The fraction of sp³-hybridized carbons (Fsp3) is 0.588. The van der Waals surface area contributed by atoms with Crippen molar-refractivity contribution >= 4 is 34.8 Å². The zero-order valence-electron chi connectivity index (χ0n) is 14.6. The summed E-state index contributed by atoms with van der Waals surface area (Å²) in [6, 6.07) is 1.93. The molecular weight excluding hydrogens is 324 g/mol. The Kier molecular flexibility index (Phi) is 5.91. The molecule has 0 aromatic carbocycles. The van der Waals surface area contributed by atoms with Gasteiger partial charge in [-0.1, -0.05) is 6.92 Å². The minimum absolute atomic E-state index is 0.0149. The molecule has 1 aliphatic heterocycles. The van der Waals surface area contributed by atoms with E-state index in [1.165, 1.54) is 0 Å².